The number of hydrogen-bond acceptors (Lipinski definition) is 7. The Bertz CT molecular complexity index is 750. The van der Waals surface area contributed by atoms with Crippen LogP contribution in [0.15, 0.2) is 40.5 Å². The van der Waals surface area contributed by atoms with Crippen LogP contribution in [0, 0.1) is 0 Å². The molecule has 0 bridgehead atoms. The highest BCUT2D eigenvalue weighted by molar-refractivity contribution is 7.99. The maximum atomic E-state index is 9.68. The van der Waals surface area contributed by atoms with Crippen molar-refractivity contribution in [3.05, 3.63) is 36.2 Å². The van der Waals surface area contributed by atoms with E-state index in [0.29, 0.717) is 6.73 Å². The summed E-state index contributed by atoms with van der Waals surface area (Å²) in [5.41, 5.74) is 2.39. The Morgan fingerprint density at radius 2 is 2.04 bits per heavy atom. The van der Waals surface area contributed by atoms with E-state index in [0.717, 1.165) is 49.0 Å². The number of benzene rings is 1. The van der Waals surface area contributed by atoms with Gasteiger partial charge in [-0.25, -0.2) is 9.97 Å². The molecular weight excluding hydrogens is 336 g/mol. The van der Waals surface area contributed by atoms with Crippen LogP contribution in [-0.4, -0.2) is 53.0 Å². The first kappa shape index (κ1) is 16.8. The third-order valence-electron chi connectivity index (χ3n) is 4.64. The number of aromatic nitrogens is 2. The largest absolute Gasteiger partial charge is 0.393 e. The summed E-state index contributed by atoms with van der Waals surface area (Å²) in [4.78, 5) is 14.6. The molecule has 2 aliphatic rings. The van der Waals surface area contributed by atoms with Gasteiger partial charge in [-0.2, -0.15) is 0 Å². The molecule has 1 aromatic carbocycles. The monoisotopic (exact) mass is 358 g/mol. The van der Waals surface area contributed by atoms with Gasteiger partial charge < -0.3 is 9.84 Å². The highest BCUT2D eigenvalue weighted by atomic mass is 32.2. The van der Waals surface area contributed by atoms with Gasteiger partial charge in [0.15, 0.2) is 5.82 Å². The number of ether oxygens (including phenoxy) is 1. The fraction of sp³-hybridized carbons (Fsp3) is 0.444. The number of likely N-dealkylation sites (tertiary alicyclic amines) is 1. The Morgan fingerprint density at radius 3 is 2.84 bits per heavy atom. The molecule has 0 atom stereocenters. The van der Waals surface area contributed by atoms with Crippen molar-refractivity contribution in [1.29, 1.82) is 0 Å². The second-order valence-electron chi connectivity index (χ2n) is 6.44. The Hall–Kier alpha value is -1.67. The molecule has 0 spiro atoms. The Kier molecular flexibility index (Phi) is 4.89. The topological polar surface area (TPSA) is 61.7 Å². The first-order valence-electron chi connectivity index (χ1n) is 8.53. The van der Waals surface area contributed by atoms with E-state index in [4.69, 9.17) is 4.74 Å². The molecule has 1 saturated heterocycles. The zero-order valence-corrected chi connectivity index (χ0v) is 15.1. The highest BCUT2D eigenvalue weighted by Gasteiger charge is 2.26. The molecule has 0 radical (unpaired) electrons. The van der Waals surface area contributed by atoms with Crippen molar-refractivity contribution in [1.82, 2.24) is 14.9 Å². The first-order valence-corrected chi connectivity index (χ1v) is 9.35. The standard InChI is InChI=1S/C18H22N4O2S/c1-24-12-22-15-10-13(11-21-8-4-14(23)5-9-21)2-3-16(15)25-18-17(22)19-6-7-20-18/h2-3,6-7,10,14,23H,4-5,8-9,11-12H2,1H3. The zero-order valence-electron chi connectivity index (χ0n) is 14.3. The molecule has 0 aliphatic carbocycles. The van der Waals surface area contributed by atoms with Crippen LogP contribution >= 0.6 is 11.8 Å². The minimum atomic E-state index is -0.136. The van der Waals surface area contributed by atoms with Crippen molar-refractivity contribution in [2.45, 2.75) is 35.4 Å². The summed E-state index contributed by atoms with van der Waals surface area (Å²) < 4.78 is 5.41. The van der Waals surface area contributed by atoms with Crippen LogP contribution in [0.1, 0.15) is 18.4 Å². The van der Waals surface area contributed by atoms with Gasteiger partial charge in [0.2, 0.25) is 0 Å². The number of piperidine rings is 1. The molecule has 1 fully saturated rings. The number of methoxy groups -OCH3 is 1. The lowest BCUT2D eigenvalue weighted by Gasteiger charge is -2.32. The summed E-state index contributed by atoms with van der Waals surface area (Å²) in [6.07, 6.45) is 5.03. The van der Waals surface area contributed by atoms with Crippen LogP contribution in [0.25, 0.3) is 0 Å². The molecular formula is C18H22N4O2S. The summed E-state index contributed by atoms with van der Waals surface area (Å²) in [7, 11) is 1.69. The molecule has 2 aliphatic heterocycles. The molecule has 6 nitrogen and oxygen atoms in total. The summed E-state index contributed by atoms with van der Waals surface area (Å²) in [5, 5.41) is 10.6. The number of anilines is 2. The highest BCUT2D eigenvalue weighted by Crippen LogP contribution is 2.46. The van der Waals surface area contributed by atoms with E-state index in [2.05, 4.69) is 38.0 Å². The van der Waals surface area contributed by atoms with E-state index < -0.39 is 0 Å². The van der Waals surface area contributed by atoms with Gasteiger partial charge in [-0.05, 0) is 30.5 Å². The maximum absolute atomic E-state index is 9.68. The predicted molar refractivity (Wildman–Crippen MR) is 97.1 cm³/mol. The van der Waals surface area contributed by atoms with E-state index in [9.17, 15) is 5.11 Å². The van der Waals surface area contributed by atoms with Gasteiger partial charge in [-0.3, -0.25) is 9.80 Å². The van der Waals surface area contributed by atoms with Crippen LogP contribution in [0.2, 0.25) is 0 Å². The second kappa shape index (κ2) is 7.29. The van der Waals surface area contributed by atoms with E-state index >= 15 is 0 Å². The number of hydrogen-bond donors (Lipinski definition) is 1. The van der Waals surface area contributed by atoms with Crippen molar-refractivity contribution in [3.63, 3.8) is 0 Å². The molecule has 1 N–H and O–H groups in total. The van der Waals surface area contributed by atoms with Crippen LogP contribution in [0.4, 0.5) is 11.5 Å². The molecule has 1 aromatic heterocycles. The van der Waals surface area contributed by atoms with Crippen molar-refractivity contribution in [2.75, 3.05) is 31.8 Å². The van der Waals surface area contributed by atoms with Crippen LogP contribution in [-0.2, 0) is 11.3 Å². The molecule has 0 saturated carbocycles. The molecule has 132 valence electrons. The maximum Gasteiger partial charge on any atom is 0.168 e. The Morgan fingerprint density at radius 1 is 1.24 bits per heavy atom. The van der Waals surface area contributed by atoms with Crippen molar-refractivity contribution in [3.8, 4) is 0 Å². The lowest BCUT2D eigenvalue weighted by atomic mass is 10.1. The Balaban J connectivity index is 1.60. The number of aliphatic hydroxyl groups excluding tert-OH is 1. The second-order valence-corrected chi connectivity index (χ2v) is 7.47. The van der Waals surface area contributed by atoms with E-state index in [-0.39, 0.29) is 6.10 Å². The number of nitrogens with zero attached hydrogens (tertiary/aromatic N) is 4. The van der Waals surface area contributed by atoms with Gasteiger partial charge >= 0.3 is 0 Å². The molecule has 7 heteroatoms. The average Bonchev–Trinajstić information content (AvgIpc) is 2.64. The lowest BCUT2D eigenvalue weighted by Crippen LogP contribution is -2.35. The Labute approximate surface area is 151 Å². The van der Waals surface area contributed by atoms with Gasteiger partial charge in [-0.15, -0.1) is 0 Å². The van der Waals surface area contributed by atoms with E-state index in [1.54, 1.807) is 31.3 Å². The lowest BCUT2D eigenvalue weighted by molar-refractivity contribution is 0.0792. The molecule has 0 unspecified atom stereocenters. The van der Waals surface area contributed by atoms with Gasteiger partial charge in [0.1, 0.15) is 11.8 Å². The first-order chi connectivity index (χ1) is 12.2. The van der Waals surface area contributed by atoms with Crippen molar-refractivity contribution >= 4 is 23.3 Å². The molecule has 25 heavy (non-hydrogen) atoms. The smallest absolute Gasteiger partial charge is 0.168 e. The minimum Gasteiger partial charge on any atom is -0.393 e. The quantitative estimate of drug-likeness (QED) is 0.901. The third-order valence-corrected chi connectivity index (χ3v) is 5.69. The number of aliphatic hydroxyl groups is 1. The number of fused-ring (bicyclic) bond motifs is 2. The van der Waals surface area contributed by atoms with Gasteiger partial charge in [0.05, 0.1) is 11.8 Å². The van der Waals surface area contributed by atoms with E-state index in [1.165, 1.54) is 10.5 Å². The summed E-state index contributed by atoms with van der Waals surface area (Å²) in [6, 6.07) is 6.57. The zero-order chi connectivity index (χ0) is 17.2. The minimum absolute atomic E-state index is 0.136. The van der Waals surface area contributed by atoms with Crippen LogP contribution < -0.4 is 4.90 Å². The third kappa shape index (κ3) is 3.50. The van der Waals surface area contributed by atoms with Crippen LogP contribution in [0.5, 0.6) is 0 Å². The fourth-order valence-electron chi connectivity index (χ4n) is 3.35. The van der Waals surface area contributed by atoms with Gasteiger partial charge in [0.25, 0.3) is 0 Å². The van der Waals surface area contributed by atoms with Crippen molar-refractivity contribution in [2.24, 2.45) is 0 Å². The molecule has 0 amide bonds. The average molecular weight is 358 g/mol. The summed E-state index contributed by atoms with van der Waals surface area (Å²) in [5.74, 6) is 0.847. The predicted octanol–water partition coefficient (Wildman–Crippen LogP) is 2.64. The van der Waals surface area contributed by atoms with Crippen molar-refractivity contribution < 1.29 is 9.84 Å². The van der Waals surface area contributed by atoms with Gasteiger partial charge in [0, 0.05) is 44.0 Å². The van der Waals surface area contributed by atoms with Crippen LogP contribution in [0.3, 0.4) is 0 Å². The molecule has 4 rings (SSSR count). The van der Waals surface area contributed by atoms with E-state index in [1.807, 2.05) is 0 Å². The molecule has 2 aromatic rings. The SMILES string of the molecule is COCN1c2cc(CN3CCC(O)CC3)ccc2Sc2nccnc21. The number of rotatable bonds is 4. The van der Waals surface area contributed by atoms with Gasteiger partial charge in [-0.1, -0.05) is 17.8 Å². The fourth-order valence-corrected chi connectivity index (χ4v) is 4.33. The normalized spacial score (nSPS) is 18.1. The molecule has 3 heterocycles. The summed E-state index contributed by atoms with van der Waals surface area (Å²) in [6.45, 7) is 3.24. The summed E-state index contributed by atoms with van der Waals surface area (Å²) >= 11 is 1.65.